The second-order valence-corrected chi connectivity index (χ2v) is 7.41. The zero-order valence-electron chi connectivity index (χ0n) is 15.5. The van der Waals surface area contributed by atoms with Crippen LogP contribution in [0, 0.1) is 33.6 Å². The second-order valence-electron chi connectivity index (χ2n) is 7.00. The van der Waals surface area contributed by atoms with E-state index < -0.39 is 0 Å². The van der Waals surface area contributed by atoms with Gasteiger partial charge < -0.3 is 10.6 Å². The van der Waals surface area contributed by atoms with E-state index in [0.29, 0.717) is 11.0 Å². The summed E-state index contributed by atoms with van der Waals surface area (Å²) >= 11 is 5.57. The average molecular weight is 341 g/mol. The SMILES string of the molecule is Cc1ccc(NC(=S)N[C@H](c2ccc(C)cc2C)C(C)C)c(C)c1. The van der Waals surface area contributed by atoms with Crippen molar-refractivity contribution in [3.8, 4) is 0 Å². The van der Waals surface area contributed by atoms with E-state index in [4.69, 9.17) is 12.2 Å². The van der Waals surface area contributed by atoms with Crippen molar-refractivity contribution < 1.29 is 0 Å². The fourth-order valence-corrected chi connectivity index (χ4v) is 3.27. The Morgan fingerprint density at radius 2 is 1.46 bits per heavy atom. The van der Waals surface area contributed by atoms with E-state index in [-0.39, 0.29) is 6.04 Å². The number of rotatable bonds is 4. The Morgan fingerprint density at radius 1 is 0.875 bits per heavy atom. The molecule has 128 valence electrons. The maximum atomic E-state index is 5.57. The molecule has 0 fully saturated rings. The number of hydrogen-bond donors (Lipinski definition) is 2. The van der Waals surface area contributed by atoms with Crippen molar-refractivity contribution in [1.29, 1.82) is 0 Å². The van der Waals surface area contributed by atoms with Gasteiger partial charge in [0, 0.05) is 5.69 Å². The molecular formula is C21H28N2S. The zero-order chi connectivity index (χ0) is 17.9. The van der Waals surface area contributed by atoms with E-state index in [9.17, 15) is 0 Å². The Bertz CT molecular complexity index is 735. The molecule has 0 unspecified atom stereocenters. The Labute approximate surface area is 151 Å². The first-order valence-corrected chi connectivity index (χ1v) is 8.90. The highest BCUT2D eigenvalue weighted by molar-refractivity contribution is 7.80. The van der Waals surface area contributed by atoms with E-state index in [1.54, 1.807) is 0 Å². The van der Waals surface area contributed by atoms with Crippen LogP contribution in [0.1, 0.15) is 47.7 Å². The highest BCUT2D eigenvalue weighted by Gasteiger charge is 2.19. The summed E-state index contributed by atoms with van der Waals surface area (Å²) in [5.41, 5.74) is 7.41. The molecule has 0 radical (unpaired) electrons. The van der Waals surface area contributed by atoms with Crippen LogP contribution in [-0.2, 0) is 0 Å². The molecule has 0 aromatic heterocycles. The molecule has 0 aliphatic heterocycles. The van der Waals surface area contributed by atoms with Crippen LogP contribution in [0.4, 0.5) is 5.69 Å². The van der Waals surface area contributed by atoms with Gasteiger partial charge in [-0.1, -0.05) is 55.3 Å². The third kappa shape index (κ3) is 4.57. The molecule has 1 atom stereocenters. The standard InChI is InChI=1S/C21H28N2S/c1-13(2)20(18-9-7-14(3)11-16(18)5)23-21(24)22-19-10-8-15(4)12-17(19)6/h7-13,20H,1-6H3,(H2,22,23,24)/t20-/m0/s1. The number of nitrogens with one attached hydrogen (secondary N) is 2. The van der Waals surface area contributed by atoms with Gasteiger partial charge in [-0.25, -0.2) is 0 Å². The Morgan fingerprint density at radius 3 is 2.00 bits per heavy atom. The first-order chi connectivity index (χ1) is 11.3. The van der Waals surface area contributed by atoms with Crippen LogP contribution in [0.5, 0.6) is 0 Å². The summed E-state index contributed by atoms with van der Waals surface area (Å²) in [6.45, 7) is 12.9. The van der Waals surface area contributed by atoms with Crippen molar-refractivity contribution in [2.75, 3.05) is 5.32 Å². The lowest BCUT2D eigenvalue weighted by Gasteiger charge is -2.26. The molecule has 2 aromatic rings. The predicted molar refractivity (Wildman–Crippen MR) is 109 cm³/mol. The lowest BCUT2D eigenvalue weighted by molar-refractivity contribution is 0.471. The first kappa shape index (κ1) is 18.5. The molecule has 0 saturated heterocycles. The van der Waals surface area contributed by atoms with Crippen molar-refractivity contribution in [2.45, 2.75) is 47.6 Å². The molecule has 0 spiro atoms. The van der Waals surface area contributed by atoms with Gasteiger partial charge in [-0.15, -0.1) is 0 Å². The monoisotopic (exact) mass is 340 g/mol. The minimum Gasteiger partial charge on any atom is -0.355 e. The van der Waals surface area contributed by atoms with Gasteiger partial charge in [-0.3, -0.25) is 0 Å². The van der Waals surface area contributed by atoms with E-state index in [1.807, 2.05) is 0 Å². The minimum absolute atomic E-state index is 0.191. The van der Waals surface area contributed by atoms with Gasteiger partial charge in [0.25, 0.3) is 0 Å². The maximum absolute atomic E-state index is 5.57. The van der Waals surface area contributed by atoms with E-state index in [2.05, 4.69) is 88.6 Å². The molecule has 2 nitrogen and oxygen atoms in total. The van der Waals surface area contributed by atoms with Crippen molar-refractivity contribution in [2.24, 2.45) is 5.92 Å². The minimum atomic E-state index is 0.191. The van der Waals surface area contributed by atoms with Gasteiger partial charge in [-0.2, -0.15) is 0 Å². The molecule has 2 rings (SSSR count). The van der Waals surface area contributed by atoms with E-state index in [1.165, 1.54) is 27.8 Å². The summed E-state index contributed by atoms with van der Waals surface area (Å²) < 4.78 is 0. The van der Waals surface area contributed by atoms with E-state index in [0.717, 1.165) is 5.69 Å². The second kappa shape index (κ2) is 7.80. The Balaban J connectivity index is 2.17. The Kier molecular flexibility index (Phi) is 6.00. The van der Waals surface area contributed by atoms with Crippen molar-refractivity contribution in [3.63, 3.8) is 0 Å². The molecule has 0 saturated carbocycles. The predicted octanol–water partition coefficient (Wildman–Crippen LogP) is 5.60. The van der Waals surface area contributed by atoms with Gasteiger partial charge in [0.1, 0.15) is 0 Å². The number of thiocarbonyl (C=S) groups is 1. The highest BCUT2D eigenvalue weighted by atomic mass is 32.1. The Hall–Kier alpha value is -1.87. The average Bonchev–Trinajstić information content (AvgIpc) is 2.48. The van der Waals surface area contributed by atoms with E-state index >= 15 is 0 Å². The lowest BCUT2D eigenvalue weighted by atomic mass is 9.92. The first-order valence-electron chi connectivity index (χ1n) is 8.50. The molecular weight excluding hydrogens is 312 g/mol. The van der Waals surface area contributed by atoms with Gasteiger partial charge in [0.05, 0.1) is 6.04 Å². The number of benzene rings is 2. The maximum Gasteiger partial charge on any atom is 0.171 e. The molecule has 0 aliphatic rings. The molecule has 0 heterocycles. The third-order valence-electron chi connectivity index (χ3n) is 4.34. The number of aryl methyl sites for hydroxylation is 4. The molecule has 0 bridgehead atoms. The van der Waals surface area contributed by atoms with Crippen molar-refractivity contribution >= 4 is 23.0 Å². The van der Waals surface area contributed by atoms with Crippen LogP contribution in [0.15, 0.2) is 36.4 Å². The number of hydrogen-bond acceptors (Lipinski definition) is 1. The van der Waals surface area contributed by atoms with Gasteiger partial charge in [-0.05, 0) is 68.6 Å². The zero-order valence-corrected chi connectivity index (χ0v) is 16.3. The summed E-state index contributed by atoms with van der Waals surface area (Å²) in [6, 6.07) is 13.1. The third-order valence-corrected chi connectivity index (χ3v) is 4.56. The van der Waals surface area contributed by atoms with Crippen LogP contribution in [0.2, 0.25) is 0 Å². The summed E-state index contributed by atoms with van der Waals surface area (Å²) in [6.07, 6.45) is 0. The van der Waals surface area contributed by atoms with Gasteiger partial charge >= 0.3 is 0 Å². The topological polar surface area (TPSA) is 24.1 Å². The van der Waals surface area contributed by atoms with Crippen molar-refractivity contribution in [1.82, 2.24) is 5.32 Å². The van der Waals surface area contributed by atoms with Gasteiger partial charge in [0.2, 0.25) is 0 Å². The fraction of sp³-hybridized carbons (Fsp3) is 0.381. The summed E-state index contributed by atoms with van der Waals surface area (Å²) in [4.78, 5) is 0. The van der Waals surface area contributed by atoms with Crippen molar-refractivity contribution in [3.05, 3.63) is 64.2 Å². The number of anilines is 1. The molecule has 3 heteroatoms. The van der Waals surface area contributed by atoms with Crippen LogP contribution >= 0.6 is 12.2 Å². The smallest absolute Gasteiger partial charge is 0.171 e. The normalized spacial score (nSPS) is 12.1. The quantitative estimate of drug-likeness (QED) is 0.708. The van der Waals surface area contributed by atoms with Crippen LogP contribution < -0.4 is 10.6 Å². The van der Waals surface area contributed by atoms with Crippen LogP contribution in [0.3, 0.4) is 0 Å². The largest absolute Gasteiger partial charge is 0.355 e. The summed E-state index contributed by atoms with van der Waals surface area (Å²) in [5.74, 6) is 0.435. The summed E-state index contributed by atoms with van der Waals surface area (Å²) in [5, 5.41) is 7.51. The highest BCUT2D eigenvalue weighted by Crippen LogP contribution is 2.26. The molecule has 0 amide bonds. The van der Waals surface area contributed by atoms with Crippen LogP contribution in [0.25, 0.3) is 0 Å². The molecule has 2 N–H and O–H groups in total. The summed E-state index contributed by atoms with van der Waals surface area (Å²) in [7, 11) is 0. The molecule has 24 heavy (non-hydrogen) atoms. The molecule has 0 aliphatic carbocycles. The van der Waals surface area contributed by atoms with Crippen LogP contribution in [-0.4, -0.2) is 5.11 Å². The van der Waals surface area contributed by atoms with Gasteiger partial charge in [0.15, 0.2) is 5.11 Å². The fourth-order valence-electron chi connectivity index (χ4n) is 3.03. The lowest BCUT2D eigenvalue weighted by Crippen LogP contribution is -2.35. The molecule has 2 aromatic carbocycles.